The Labute approximate surface area is 102 Å². The van der Waals surface area contributed by atoms with Gasteiger partial charge in [0.05, 0.1) is 0 Å². The van der Waals surface area contributed by atoms with Crippen LogP contribution in [-0.4, -0.2) is 13.1 Å². The summed E-state index contributed by atoms with van der Waals surface area (Å²) in [6.45, 7) is 2.28. The maximum absolute atomic E-state index is 6.00. The zero-order chi connectivity index (χ0) is 11.4. The van der Waals surface area contributed by atoms with E-state index in [1.807, 2.05) is 18.2 Å². The van der Waals surface area contributed by atoms with Gasteiger partial charge in [0.2, 0.25) is 0 Å². The molecule has 1 saturated heterocycles. The summed E-state index contributed by atoms with van der Waals surface area (Å²) in [7, 11) is 0. The van der Waals surface area contributed by atoms with Crippen LogP contribution in [0.1, 0.15) is 24.8 Å². The van der Waals surface area contributed by atoms with Crippen LogP contribution in [0.2, 0.25) is 5.02 Å². The summed E-state index contributed by atoms with van der Waals surface area (Å²) in [6, 6.07) is 5.77. The Balaban J connectivity index is 2.04. The molecule has 0 amide bonds. The molecule has 0 aromatic heterocycles. The Kier molecular flexibility index (Phi) is 4.08. The molecule has 0 spiro atoms. The van der Waals surface area contributed by atoms with Gasteiger partial charge in [0.15, 0.2) is 0 Å². The predicted octanol–water partition coefficient (Wildman–Crippen LogP) is 2.85. The molecular weight excluding hydrogens is 220 g/mol. The van der Waals surface area contributed by atoms with Gasteiger partial charge in [0.25, 0.3) is 0 Å². The van der Waals surface area contributed by atoms with Gasteiger partial charge < -0.3 is 11.1 Å². The first-order chi connectivity index (χ1) is 7.75. The van der Waals surface area contributed by atoms with Gasteiger partial charge in [-0.1, -0.05) is 11.6 Å². The van der Waals surface area contributed by atoms with E-state index >= 15 is 0 Å². The van der Waals surface area contributed by atoms with Gasteiger partial charge in [-0.05, 0) is 68.5 Å². The molecule has 1 heterocycles. The number of nitrogens with two attached hydrogens (primary N) is 1. The molecule has 1 aliphatic rings. The summed E-state index contributed by atoms with van der Waals surface area (Å²) in [4.78, 5) is 0. The quantitative estimate of drug-likeness (QED) is 0.778. The molecule has 0 aliphatic carbocycles. The van der Waals surface area contributed by atoms with E-state index in [9.17, 15) is 0 Å². The largest absolute Gasteiger partial charge is 0.399 e. The summed E-state index contributed by atoms with van der Waals surface area (Å²) < 4.78 is 0. The Hall–Kier alpha value is -0.730. The van der Waals surface area contributed by atoms with Crippen molar-refractivity contribution in [3.05, 3.63) is 28.8 Å². The average molecular weight is 239 g/mol. The zero-order valence-corrected chi connectivity index (χ0v) is 10.3. The molecule has 3 N–H and O–H groups in total. The first kappa shape index (κ1) is 11.7. The van der Waals surface area contributed by atoms with E-state index in [1.54, 1.807) is 0 Å². The van der Waals surface area contributed by atoms with Crippen molar-refractivity contribution in [1.29, 1.82) is 0 Å². The summed E-state index contributed by atoms with van der Waals surface area (Å²) in [5.74, 6) is 0.746. The van der Waals surface area contributed by atoms with Crippen LogP contribution in [0, 0.1) is 5.92 Å². The maximum Gasteiger partial charge on any atom is 0.0410 e. The molecule has 1 aromatic carbocycles. The molecule has 16 heavy (non-hydrogen) atoms. The summed E-state index contributed by atoms with van der Waals surface area (Å²) in [5, 5.41) is 4.22. The van der Waals surface area contributed by atoms with Gasteiger partial charge in [0, 0.05) is 10.7 Å². The highest BCUT2D eigenvalue weighted by Crippen LogP contribution is 2.25. The van der Waals surface area contributed by atoms with Crippen LogP contribution < -0.4 is 11.1 Å². The van der Waals surface area contributed by atoms with E-state index in [4.69, 9.17) is 17.3 Å². The minimum absolute atomic E-state index is 0.746. The smallest absolute Gasteiger partial charge is 0.0410 e. The third kappa shape index (κ3) is 3.13. The molecule has 1 aliphatic heterocycles. The highest BCUT2D eigenvalue weighted by Gasteiger charge is 2.13. The Morgan fingerprint density at radius 3 is 3.06 bits per heavy atom. The lowest BCUT2D eigenvalue weighted by atomic mass is 9.92. The van der Waals surface area contributed by atoms with E-state index in [-0.39, 0.29) is 0 Å². The van der Waals surface area contributed by atoms with Crippen LogP contribution >= 0.6 is 11.6 Å². The van der Waals surface area contributed by atoms with Gasteiger partial charge in [-0.3, -0.25) is 0 Å². The van der Waals surface area contributed by atoms with Crippen LogP contribution in [0.4, 0.5) is 5.69 Å². The van der Waals surface area contributed by atoms with E-state index < -0.39 is 0 Å². The van der Waals surface area contributed by atoms with Gasteiger partial charge in [0.1, 0.15) is 0 Å². The molecule has 0 bridgehead atoms. The summed E-state index contributed by atoms with van der Waals surface area (Å²) >= 11 is 6.00. The number of benzene rings is 1. The zero-order valence-electron chi connectivity index (χ0n) is 9.51. The predicted molar refractivity (Wildman–Crippen MR) is 69.8 cm³/mol. The molecule has 88 valence electrons. The van der Waals surface area contributed by atoms with Crippen molar-refractivity contribution in [2.45, 2.75) is 25.7 Å². The number of rotatable bonds is 2. The van der Waals surface area contributed by atoms with Crippen molar-refractivity contribution in [2.75, 3.05) is 18.8 Å². The van der Waals surface area contributed by atoms with Gasteiger partial charge >= 0.3 is 0 Å². The highest BCUT2D eigenvalue weighted by atomic mass is 35.5. The molecule has 0 saturated carbocycles. The normalized spacial score (nSPS) is 21.7. The van der Waals surface area contributed by atoms with Crippen LogP contribution in [0.5, 0.6) is 0 Å². The number of anilines is 1. The fourth-order valence-electron chi connectivity index (χ4n) is 2.36. The lowest BCUT2D eigenvalue weighted by Gasteiger charge is -2.15. The molecule has 1 aromatic rings. The van der Waals surface area contributed by atoms with Crippen LogP contribution in [0.15, 0.2) is 18.2 Å². The first-order valence-electron chi connectivity index (χ1n) is 6.00. The molecule has 3 heteroatoms. The number of hydrogen-bond donors (Lipinski definition) is 2. The molecule has 1 fully saturated rings. The molecule has 0 radical (unpaired) electrons. The first-order valence-corrected chi connectivity index (χ1v) is 6.38. The van der Waals surface area contributed by atoms with Gasteiger partial charge in [-0.25, -0.2) is 0 Å². The van der Waals surface area contributed by atoms with Gasteiger partial charge in [-0.2, -0.15) is 0 Å². The van der Waals surface area contributed by atoms with Crippen molar-refractivity contribution >= 4 is 17.3 Å². The van der Waals surface area contributed by atoms with E-state index in [0.717, 1.165) is 36.1 Å². The number of nitrogens with one attached hydrogen (secondary N) is 1. The van der Waals surface area contributed by atoms with Crippen LogP contribution in [0.25, 0.3) is 0 Å². The van der Waals surface area contributed by atoms with Crippen LogP contribution in [0.3, 0.4) is 0 Å². The molecule has 1 atom stereocenters. The third-order valence-electron chi connectivity index (χ3n) is 3.31. The summed E-state index contributed by atoms with van der Waals surface area (Å²) in [5.41, 5.74) is 8.06. The standard InChI is InChI=1S/C13H19ClN2/c14-12-3-4-13(15)11(9-12)8-10-2-1-6-16-7-5-10/h3-4,9-10,16H,1-2,5-8,15H2. The van der Waals surface area contributed by atoms with Crippen molar-refractivity contribution < 1.29 is 0 Å². The van der Waals surface area contributed by atoms with E-state index in [0.29, 0.717) is 0 Å². The highest BCUT2D eigenvalue weighted by molar-refractivity contribution is 6.30. The minimum atomic E-state index is 0.746. The molecule has 2 rings (SSSR count). The Morgan fingerprint density at radius 2 is 2.19 bits per heavy atom. The Bertz CT molecular complexity index is 344. The fourth-order valence-corrected chi connectivity index (χ4v) is 2.55. The molecule has 2 nitrogen and oxygen atoms in total. The van der Waals surface area contributed by atoms with Crippen molar-refractivity contribution in [1.82, 2.24) is 5.32 Å². The van der Waals surface area contributed by atoms with E-state index in [1.165, 1.54) is 24.8 Å². The third-order valence-corrected chi connectivity index (χ3v) is 3.54. The SMILES string of the molecule is Nc1ccc(Cl)cc1CC1CCCNCC1. The maximum atomic E-state index is 6.00. The lowest BCUT2D eigenvalue weighted by molar-refractivity contribution is 0.470. The second-order valence-corrected chi connectivity index (χ2v) is 5.03. The fraction of sp³-hybridized carbons (Fsp3) is 0.538. The minimum Gasteiger partial charge on any atom is -0.399 e. The monoisotopic (exact) mass is 238 g/mol. The van der Waals surface area contributed by atoms with Crippen molar-refractivity contribution in [3.63, 3.8) is 0 Å². The molecule has 1 unspecified atom stereocenters. The topological polar surface area (TPSA) is 38.0 Å². The molecular formula is C13H19ClN2. The Morgan fingerprint density at radius 1 is 1.31 bits per heavy atom. The number of nitrogen functional groups attached to an aromatic ring is 1. The van der Waals surface area contributed by atoms with E-state index in [2.05, 4.69) is 5.32 Å². The van der Waals surface area contributed by atoms with Crippen LogP contribution in [-0.2, 0) is 6.42 Å². The summed E-state index contributed by atoms with van der Waals surface area (Å²) in [6.07, 6.45) is 4.87. The number of halogens is 1. The van der Waals surface area contributed by atoms with Crippen molar-refractivity contribution in [3.8, 4) is 0 Å². The average Bonchev–Trinajstić information content (AvgIpc) is 2.52. The van der Waals surface area contributed by atoms with Crippen molar-refractivity contribution in [2.24, 2.45) is 5.92 Å². The second-order valence-electron chi connectivity index (χ2n) is 4.59. The lowest BCUT2D eigenvalue weighted by Crippen LogP contribution is -2.14. The second kappa shape index (κ2) is 5.55. The van der Waals surface area contributed by atoms with Gasteiger partial charge in [-0.15, -0.1) is 0 Å². The number of hydrogen-bond acceptors (Lipinski definition) is 2.